The Morgan fingerprint density at radius 3 is 2.52 bits per heavy atom. The maximum Gasteiger partial charge on any atom is 0.248 e. The van der Waals surface area contributed by atoms with Gasteiger partial charge in [-0.2, -0.15) is 0 Å². The van der Waals surface area contributed by atoms with Gasteiger partial charge in [0.1, 0.15) is 5.75 Å². The first kappa shape index (κ1) is 18.8. The minimum absolute atomic E-state index is 0.167. The fourth-order valence-corrected chi connectivity index (χ4v) is 2.36. The van der Waals surface area contributed by atoms with E-state index in [1.165, 1.54) is 5.56 Å². The molecule has 1 amide bonds. The van der Waals surface area contributed by atoms with Crippen molar-refractivity contribution < 1.29 is 9.53 Å². The van der Waals surface area contributed by atoms with Gasteiger partial charge in [0.2, 0.25) is 5.91 Å². The smallest absolute Gasteiger partial charge is 0.248 e. The highest BCUT2D eigenvalue weighted by Crippen LogP contribution is 2.24. The fraction of sp³-hybridized carbons (Fsp3) is 0.318. The first-order chi connectivity index (χ1) is 12.1. The number of hydrogen-bond donors (Lipinski definition) is 1. The molecule has 25 heavy (non-hydrogen) atoms. The second kappa shape index (κ2) is 9.67. The number of carbonyl (C=O) groups is 1. The van der Waals surface area contributed by atoms with Gasteiger partial charge in [-0.1, -0.05) is 63.6 Å². The van der Waals surface area contributed by atoms with Crippen LogP contribution in [0.15, 0.2) is 54.6 Å². The van der Waals surface area contributed by atoms with Crippen LogP contribution in [0.2, 0.25) is 0 Å². The number of amides is 1. The summed E-state index contributed by atoms with van der Waals surface area (Å²) in [4.78, 5) is 12.2. The lowest BCUT2D eigenvalue weighted by Gasteiger charge is -2.11. The van der Waals surface area contributed by atoms with Crippen LogP contribution in [0.1, 0.15) is 50.7 Å². The molecule has 0 aromatic heterocycles. The summed E-state index contributed by atoms with van der Waals surface area (Å²) in [6, 6.07) is 15.8. The molecule has 2 aromatic rings. The summed E-state index contributed by atoms with van der Waals surface area (Å²) in [7, 11) is 0. The van der Waals surface area contributed by atoms with Crippen molar-refractivity contribution in [2.45, 2.75) is 39.5 Å². The summed E-state index contributed by atoms with van der Waals surface area (Å²) in [6.07, 6.45) is 5.44. The van der Waals surface area contributed by atoms with Crippen molar-refractivity contribution in [1.82, 2.24) is 0 Å². The molecule has 2 rings (SSSR count). The van der Waals surface area contributed by atoms with E-state index in [1.807, 2.05) is 42.5 Å². The van der Waals surface area contributed by atoms with E-state index in [2.05, 4.69) is 38.2 Å². The molecule has 0 aliphatic heterocycles. The minimum atomic E-state index is -0.167. The quantitative estimate of drug-likeness (QED) is 0.500. The molecule has 1 N–H and O–H groups in total. The monoisotopic (exact) mass is 337 g/mol. The Morgan fingerprint density at radius 1 is 1.12 bits per heavy atom. The number of carbonyl (C=O) groups excluding carboxylic acids is 1. The molecule has 0 saturated carbocycles. The van der Waals surface area contributed by atoms with E-state index in [4.69, 9.17) is 4.74 Å². The van der Waals surface area contributed by atoms with E-state index < -0.39 is 0 Å². The van der Waals surface area contributed by atoms with Crippen molar-refractivity contribution in [1.29, 1.82) is 0 Å². The molecular formula is C22H27NO2. The van der Waals surface area contributed by atoms with E-state index in [-0.39, 0.29) is 5.91 Å². The number of ether oxygens (including phenoxy) is 1. The van der Waals surface area contributed by atoms with E-state index in [1.54, 1.807) is 6.08 Å². The van der Waals surface area contributed by atoms with Gasteiger partial charge in [0.25, 0.3) is 0 Å². The maximum atomic E-state index is 12.2. The largest absolute Gasteiger partial charge is 0.491 e. The van der Waals surface area contributed by atoms with Crippen LogP contribution in [0.3, 0.4) is 0 Å². The van der Waals surface area contributed by atoms with Crippen LogP contribution in [0.25, 0.3) is 6.08 Å². The molecule has 0 unspecified atom stereocenters. The van der Waals surface area contributed by atoms with Gasteiger partial charge in [0, 0.05) is 6.08 Å². The number of rotatable bonds is 8. The van der Waals surface area contributed by atoms with Gasteiger partial charge in [-0.15, -0.1) is 0 Å². The second-order valence-corrected chi connectivity index (χ2v) is 6.34. The number of benzene rings is 2. The molecule has 0 atom stereocenters. The summed E-state index contributed by atoms with van der Waals surface area (Å²) < 4.78 is 5.74. The van der Waals surface area contributed by atoms with Gasteiger partial charge in [0.05, 0.1) is 12.3 Å². The summed E-state index contributed by atoms with van der Waals surface area (Å²) in [5.74, 6) is 1.05. The number of unbranched alkanes of at least 4 members (excludes halogenated alkanes) is 1. The lowest BCUT2D eigenvalue weighted by atomic mass is 10.0. The molecule has 132 valence electrons. The number of anilines is 1. The highest BCUT2D eigenvalue weighted by Gasteiger charge is 2.05. The van der Waals surface area contributed by atoms with Crippen LogP contribution < -0.4 is 10.1 Å². The molecule has 3 heteroatoms. The minimum Gasteiger partial charge on any atom is -0.491 e. The Labute approximate surface area is 150 Å². The van der Waals surface area contributed by atoms with Crippen LogP contribution in [0.5, 0.6) is 5.75 Å². The zero-order valence-corrected chi connectivity index (χ0v) is 15.3. The zero-order chi connectivity index (χ0) is 18.1. The standard InChI is InChI=1S/C22H27NO2/c1-4-5-16-25-21-9-7-6-8-20(21)23-22(24)15-12-18-10-13-19(14-11-18)17(2)3/h6-15,17H,4-5,16H2,1-3H3,(H,23,24). The zero-order valence-electron chi connectivity index (χ0n) is 15.3. The predicted octanol–water partition coefficient (Wildman–Crippen LogP) is 5.64. The molecule has 0 radical (unpaired) electrons. The van der Waals surface area contributed by atoms with Crippen LogP contribution in [-0.2, 0) is 4.79 Å². The summed E-state index contributed by atoms with van der Waals surface area (Å²) in [5, 5.41) is 2.89. The predicted molar refractivity (Wildman–Crippen MR) is 105 cm³/mol. The van der Waals surface area contributed by atoms with E-state index in [0.717, 1.165) is 18.4 Å². The molecule has 0 heterocycles. The van der Waals surface area contributed by atoms with Crippen LogP contribution in [0.4, 0.5) is 5.69 Å². The van der Waals surface area contributed by atoms with Gasteiger partial charge in [0.15, 0.2) is 0 Å². The van der Waals surface area contributed by atoms with Crippen molar-refractivity contribution in [3.8, 4) is 5.75 Å². The number of para-hydroxylation sites is 2. The van der Waals surface area contributed by atoms with Crippen molar-refractivity contribution in [3.63, 3.8) is 0 Å². The summed E-state index contributed by atoms with van der Waals surface area (Å²) in [6.45, 7) is 7.10. The van der Waals surface area contributed by atoms with E-state index in [0.29, 0.717) is 24.0 Å². The second-order valence-electron chi connectivity index (χ2n) is 6.34. The van der Waals surface area contributed by atoms with E-state index in [9.17, 15) is 4.79 Å². The average Bonchev–Trinajstić information content (AvgIpc) is 2.62. The molecule has 0 fully saturated rings. The van der Waals surface area contributed by atoms with Crippen molar-refractivity contribution in [3.05, 3.63) is 65.7 Å². The molecule has 2 aromatic carbocycles. The normalized spacial score (nSPS) is 11.0. The lowest BCUT2D eigenvalue weighted by Crippen LogP contribution is -2.09. The molecule has 0 bridgehead atoms. The van der Waals surface area contributed by atoms with Gasteiger partial charge in [-0.25, -0.2) is 0 Å². The fourth-order valence-electron chi connectivity index (χ4n) is 2.36. The third-order valence-electron chi connectivity index (χ3n) is 3.93. The van der Waals surface area contributed by atoms with Crippen LogP contribution in [0, 0.1) is 0 Å². The molecule has 3 nitrogen and oxygen atoms in total. The third-order valence-corrected chi connectivity index (χ3v) is 3.93. The Bertz CT molecular complexity index is 702. The highest BCUT2D eigenvalue weighted by molar-refractivity contribution is 6.02. The van der Waals surface area contributed by atoms with Gasteiger partial charge in [-0.05, 0) is 41.7 Å². The highest BCUT2D eigenvalue weighted by atomic mass is 16.5. The summed E-state index contributed by atoms with van der Waals surface area (Å²) >= 11 is 0. The number of hydrogen-bond acceptors (Lipinski definition) is 2. The maximum absolute atomic E-state index is 12.2. The van der Waals surface area contributed by atoms with Crippen molar-refractivity contribution in [2.75, 3.05) is 11.9 Å². The molecule has 0 aliphatic rings. The molecule has 0 aliphatic carbocycles. The Hall–Kier alpha value is -2.55. The number of nitrogens with one attached hydrogen (secondary N) is 1. The lowest BCUT2D eigenvalue weighted by molar-refractivity contribution is -0.111. The average molecular weight is 337 g/mol. The van der Waals surface area contributed by atoms with Crippen LogP contribution >= 0.6 is 0 Å². The Balaban J connectivity index is 1.97. The Morgan fingerprint density at radius 2 is 1.84 bits per heavy atom. The molecular weight excluding hydrogens is 310 g/mol. The SMILES string of the molecule is CCCCOc1ccccc1NC(=O)C=Cc1ccc(C(C)C)cc1. The first-order valence-corrected chi connectivity index (χ1v) is 8.91. The van der Waals surface area contributed by atoms with Gasteiger partial charge < -0.3 is 10.1 Å². The molecule has 0 spiro atoms. The van der Waals surface area contributed by atoms with E-state index >= 15 is 0 Å². The van der Waals surface area contributed by atoms with Gasteiger partial charge in [-0.3, -0.25) is 4.79 Å². The molecule has 0 saturated heterocycles. The van der Waals surface area contributed by atoms with Crippen molar-refractivity contribution >= 4 is 17.7 Å². The topological polar surface area (TPSA) is 38.3 Å². The summed E-state index contributed by atoms with van der Waals surface area (Å²) in [5.41, 5.74) is 3.00. The van der Waals surface area contributed by atoms with Crippen LogP contribution in [-0.4, -0.2) is 12.5 Å². The van der Waals surface area contributed by atoms with Gasteiger partial charge >= 0.3 is 0 Å². The third kappa shape index (κ3) is 6.11. The Kier molecular flexibility index (Phi) is 7.27. The first-order valence-electron chi connectivity index (χ1n) is 8.91. The van der Waals surface area contributed by atoms with Crippen molar-refractivity contribution in [2.24, 2.45) is 0 Å².